The van der Waals surface area contributed by atoms with Gasteiger partial charge in [0.2, 0.25) is 0 Å². The summed E-state index contributed by atoms with van der Waals surface area (Å²) in [4.78, 5) is 50.2. The number of carbonyl (C=O) groups is 3. The molecule has 0 saturated heterocycles. The maximum absolute atomic E-state index is 12.6. The van der Waals surface area contributed by atoms with E-state index in [9.17, 15) is 51.3 Å². The average molecular weight is 1020 g/mol. The summed E-state index contributed by atoms with van der Waals surface area (Å²) in [6.07, 6.45) is 0. The van der Waals surface area contributed by atoms with Gasteiger partial charge in [0.15, 0.2) is 0 Å². The van der Waals surface area contributed by atoms with Crippen LogP contribution in [-0.2, 0) is 46.5 Å². The standard InChI is InChI=1S/C20H19N5O7S.C18H16ClN6O5S.Co.Na/c1-11(26)32-24-13-5-3-12-4-8-17(27)19(15(12)9-13)23-22-16-7-6-14(10-18(16)28)33(30,31)25-20(29)21-2;1-10-16(17(27)25(23-10)12-5-3-11(19)4-6-12)22-21-14-8-7-13(9-15(14)26)31(29,30)24-18(28)20-2;;/h3-10,24,27-28H,1-2H3,(H2,21,25,29);3-9,26H,1-2H3,(H2,20,24,28);;/q;-1;;+1. The number of phenols is 3. The van der Waals surface area contributed by atoms with Crippen molar-refractivity contribution in [2.75, 3.05) is 19.6 Å². The molecule has 66 heavy (non-hydrogen) atoms. The molecule has 1 heterocycles. The molecule has 5 aromatic carbocycles. The van der Waals surface area contributed by atoms with Crippen LogP contribution in [0.25, 0.3) is 16.5 Å². The number of benzene rings is 5. The second-order valence-electron chi connectivity index (χ2n) is 12.8. The molecule has 0 atom stereocenters. The summed E-state index contributed by atoms with van der Waals surface area (Å²) < 4.78 is 53.2. The number of sulfonamides is 2. The van der Waals surface area contributed by atoms with E-state index in [4.69, 9.17) is 16.4 Å². The Hall–Kier alpha value is -6.52. The summed E-state index contributed by atoms with van der Waals surface area (Å²) in [6, 6.07) is 19.0. The minimum atomic E-state index is -4.21. The van der Waals surface area contributed by atoms with Gasteiger partial charge in [-0.2, -0.15) is 5.11 Å². The van der Waals surface area contributed by atoms with Crippen molar-refractivity contribution in [3.63, 3.8) is 0 Å². The molecular formula is C38H35ClCoN11NaO12S2. The maximum atomic E-state index is 12.6. The summed E-state index contributed by atoms with van der Waals surface area (Å²) in [5, 5.41) is 56.2. The molecule has 0 aliphatic heterocycles. The Morgan fingerprint density at radius 1 is 0.742 bits per heavy atom. The SMILES string of the molecule is CNC(=O)NS(=O)(=O)c1ccc(N=N[c-]2c(C)nn(-c3ccc(Cl)cc3)c2=O)c(O)c1.CNC(=O)NS(=O)(=O)c1ccc(N=Nc2c(O)ccc3ccc(NOC(C)=O)cc23)c(O)c1.[Co].[Na+]. The summed E-state index contributed by atoms with van der Waals surface area (Å²) >= 11 is 5.85. The number of carbonyl (C=O) groups excluding carboxylic acids is 3. The zero-order chi connectivity index (χ0) is 46.9. The molecule has 6 aromatic rings. The first-order valence-corrected chi connectivity index (χ1v) is 21.3. The minimum absolute atomic E-state index is 0. The fraction of sp³-hybridized carbons (Fsp3) is 0.105. The number of aromatic hydroxyl groups is 3. The van der Waals surface area contributed by atoms with Gasteiger partial charge in [-0.05, 0) is 72.1 Å². The second kappa shape index (κ2) is 23.1. The smallest absolute Gasteiger partial charge is 0.506 e. The zero-order valence-corrected chi connectivity index (χ0v) is 40.3. The number of azo groups is 2. The Morgan fingerprint density at radius 3 is 1.79 bits per heavy atom. The van der Waals surface area contributed by atoms with E-state index in [1.54, 1.807) is 64.9 Å². The molecule has 8 N–H and O–H groups in total. The predicted molar refractivity (Wildman–Crippen MR) is 230 cm³/mol. The number of nitrogens with one attached hydrogen (secondary N) is 5. The van der Waals surface area contributed by atoms with E-state index in [0.29, 0.717) is 32.9 Å². The Morgan fingerprint density at radius 2 is 1.27 bits per heavy atom. The largest absolute Gasteiger partial charge is 1.00 e. The maximum Gasteiger partial charge on any atom is 1.00 e. The Kier molecular flexibility index (Phi) is 18.8. The molecule has 1 aromatic heterocycles. The summed E-state index contributed by atoms with van der Waals surface area (Å²) in [5.74, 6) is -1.78. The third-order valence-corrected chi connectivity index (χ3v) is 11.2. The number of hydrogen-bond acceptors (Lipinski definition) is 18. The van der Waals surface area contributed by atoms with Crippen molar-refractivity contribution in [2.24, 2.45) is 20.5 Å². The minimum Gasteiger partial charge on any atom is -0.506 e. The van der Waals surface area contributed by atoms with Gasteiger partial charge in [-0.25, -0.2) is 51.1 Å². The molecule has 0 fully saturated rings. The normalized spacial score (nSPS) is 11.1. The van der Waals surface area contributed by atoms with Crippen LogP contribution in [-0.4, -0.2) is 74.1 Å². The van der Waals surface area contributed by atoms with Gasteiger partial charge in [0.05, 0.1) is 21.2 Å². The number of urea groups is 2. The molecule has 0 aliphatic carbocycles. The van der Waals surface area contributed by atoms with Crippen LogP contribution in [0.4, 0.5) is 38.0 Å². The van der Waals surface area contributed by atoms with Crippen LogP contribution in [0.1, 0.15) is 12.6 Å². The van der Waals surface area contributed by atoms with Gasteiger partial charge < -0.3 is 40.7 Å². The number of fused-ring (bicyclic) bond motifs is 1. The van der Waals surface area contributed by atoms with Crippen molar-refractivity contribution in [3.8, 4) is 22.9 Å². The van der Waals surface area contributed by atoms with Crippen molar-refractivity contribution in [2.45, 2.75) is 23.6 Å². The predicted octanol–water partition coefficient (Wildman–Crippen LogP) is 2.83. The van der Waals surface area contributed by atoms with Crippen molar-refractivity contribution < 1.29 is 97.7 Å². The molecule has 343 valence electrons. The van der Waals surface area contributed by atoms with Crippen LogP contribution in [0.2, 0.25) is 5.02 Å². The molecule has 23 nitrogen and oxygen atoms in total. The molecule has 28 heteroatoms. The molecule has 0 saturated carbocycles. The average Bonchev–Trinajstić information content (AvgIpc) is 3.53. The van der Waals surface area contributed by atoms with E-state index >= 15 is 0 Å². The molecule has 0 aliphatic rings. The van der Waals surface area contributed by atoms with Crippen LogP contribution in [0, 0.1) is 6.92 Å². The summed E-state index contributed by atoms with van der Waals surface area (Å²) in [5.41, 5.74) is 2.99. The van der Waals surface area contributed by atoms with Crippen molar-refractivity contribution in [1.29, 1.82) is 0 Å². The van der Waals surface area contributed by atoms with Gasteiger partial charge in [0, 0.05) is 60.3 Å². The van der Waals surface area contributed by atoms with Gasteiger partial charge in [-0.1, -0.05) is 36.4 Å². The van der Waals surface area contributed by atoms with Crippen LogP contribution in [0.3, 0.4) is 0 Å². The third-order valence-electron chi connectivity index (χ3n) is 8.28. The monoisotopic (exact) mass is 1020 g/mol. The van der Waals surface area contributed by atoms with Crippen molar-refractivity contribution in [3.05, 3.63) is 112 Å². The van der Waals surface area contributed by atoms with Gasteiger partial charge in [0.1, 0.15) is 39.9 Å². The number of hydrogen-bond donors (Lipinski definition) is 8. The first-order chi connectivity index (χ1) is 30.2. The number of aryl methyl sites for hydroxylation is 1. The fourth-order valence-corrected chi connectivity index (χ4v) is 7.23. The number of phenolic OH excluding ortho intramolecular Hbond substituents is 3. The summed E-state index contributed by atoms with van der Waals surface area (Å²) in [6.45, 7) is 2.80. The number of rotatable bonds is 11. The molecule has 0 bridgehead atoms. The van der Waals surface area contributed by atoms with Crippen LogP contribution < -0.4 is 60.7 Å². The first-order valence-electron chi connectivity index (χ1n) is 17.9. The van der Waals surface area contributed by atoms with E-state index in [0.717, 1.165) is 28.9 Å². The van der Waals surface area contributed by atoms with Gasteiger partial charge in [-0.15, -0.1) is 15.9 Å². The number of nitrogens with zero attached hydrogens (tertiary/aromatic N) is 6. The molecular weight excluding hydrogens is 984 g/mol. The van der Waals surface area contributed by atoms with Gasteiger partial charge in [-0.3, -0.25) is 4.79 Å². The number of amides is 4. The van der Waals surface area contributed by atoms with E-state index in [-0.39, 0.29) is 84.6 Å². The molecule has 0 spiro atoms. The quantitative estimate of drug-likeness (QED) is 0.0401. The zero-order valence-electron chi connectivity index (χ0n) is 34.9. The second-order valence-corrected chi connectivity index (χ2v) is 16.6. The molecule has 4 amide bonds. The van der Waals surface area contributed by atoms with E-state index in [1.807, 2.05) is 0 Å². The van der Waals surface area contributed by atoms with Crippen LogP contribution in [0.5, 0.6) is 17.2 Å². The number of halogens is 1. The number of aromatic nitrogens is 2. The van der Waals surface area contributed by atoms with Gasteiger partial charge in [0.25, 0.3) is 20.0 Å². The van der Waals surface area contributed by atoms with Crippen molar-refractivity contribution >= 4 is 88.9 Å². The third kappa shape index (κ3) is 13.5. The van der Waals surface area contributed by atoms with Crippen molar-refractivity contribution in [1.82, 2.24) is 29.9 Å². The van der Waals surface area contributed by atoms with E-state index in [1.165, 1.54) is 39.2 Å². The summed E-state index contributed by atoms with van der Waals surface area (Å²) in [7, 11) is -5.88. The first kappa shape index (κ1) is 53.8. The van der Waals surface area contributed by atoms with E-state index < -0.39 is 55.1 Å². The Bertz CT molecular complexity index is 3140. The fourth-order valence-electron chi connectivity index (χ4n) is 5.14. The molecule has 1 radical (unpaired) electrons. The topological polar surface area (TPSA) is 334 Å². The molecule has 6 rings (SSSR count). The Labute approximate surface area is 412 Å². The van der Waals surface area contributed by atoms with Crippen LogP contribution >= 0.6 is 11.6 Å². The van der Waals surface area contributed by atoms with E-state index in [2.05, 4.69) is 41.7 Å². The number of anilines is 1. The van der Waals surface area contributed by atoms with Gasteiger partial charge >= 0.3 is 47.6 Å². The molecule has 0 unspecified atom stereocenters. The Balaban J connectivity index is 0.000000341. The van der Waals surface area contributed by atoms with Crippen LogP contribution in [0.15, 0.2) is 126 Å².